The van der Waals surface area contributed by atoms with Crippen molar-refractivity contribution in [2.24, 2.45) is 0 Å². The van der Waals surface area contributed by atoms with Crippen molar-refractivity contribution >= 4 is 34.2 Å². The highest BCUT2D eigenvalue weighted by atomic mass is 32.2. The third kappa shape index (κ3) is 4.04. The molecule has 1 aliphatic carbocycles. The van der Waals surface area contributed by atoms with Crippen LogP contribution in [0.5, 0.6) is 0 Å². The molecule has 2 heterocycles. The molecule has 28 heavy (non-hydrogen) atoms. The zero-order valence-electron chi connectivity index (χ0n) is 16.3. The van der Waals surface area contributed by atoms with Crippen LogP contribution < -0.4 is 5.32 Å². The highest BCUT2D eigenvalue weighted by Crippen LogP contribution is 2.26. The van der Waals surface area contributed by atoms with Gasteiger partial charge in [0.15, 0.2) is 10.8 Å². The SMILES string of the molecule is Cc1nc2c3ccccc3nc(S[C@H](C)C(=O)NCCC3=CCCCC3)n2n1. The third-order valence-electron chi connectivity index (χ3n) is 5.04. The first-order valence-corrected chi connectivity index (χ1v) is 10.7. The molecule has 0 unspecified atom stereocenters. The molecular formula is C21H25N5OS. The van der Waals surface area contributed by atoms with Gasteiger partial charge in [-0.25, -0.2) is 9.97 Å². The predicted molar refractivity (Wildman–Crippen MR) is 113 cm³/mol. The molecule has 1 atom stereocenters. The van der Waals surface area contributed by atoms with Crippen LogP contribution in [0.1, 0.15) is 44.9 Å². The number of thioether (sulfide) groups is 1. The summed E-state index contributed by atoms with van der Waals surface area (Å²) in [7, 11) is 0. The summed E-state index contributed by atoms with van der Waals surface area (Å²) in [6.45, 7) is 4.47. The normalized spacial score (nSPS) is 15.6. The minimum atomic E-state index is -0.262. The second-order valence-electron chi connectivity index (χ2n) is 7.22. The van der Waals surface area contributed by atoms with Crippen molar-refractivity contribution in [1.29, 1.82) is 0 Å². The first kappa shape index (κ1) is 18.9. The number of aromatic nitrogens is 4. The highest BCUT2D eigenvalue weighted by molar-refractivity contribution is 8.00. The minimum absolute atomic E-state index is 0.0290. The van der Waals surface area contributed by atoms with Crippen molar-refractivity contribution in [2.45, 2.75) is 56.4 Å². The zero-order valence-corrected chi connectivity index (χ0v) is 17.1. The molecule has 0 saturated carbocycles. The lowest BCUT2D eigenvalue weighted by Crippen LogP contribution is -2.32. The van der Waals surface area contributed by atoms with Crippen LogP contribution >= 0.6 is 11.8 Å². The van der Waals surface area contributed by atoms with Gasteiger partial charge in [-0.05, 0) is 58.1 Å². The number of hydrogen-bond acceptors (Lipinski definition) is 5. The minimum Gasteiger partial charge on any atom is -0.355 e. The smallest absolute Gasteiger partial charge is 0.233 e. The Labute approximate surface area is 168 Å². The van der Waals surface area contributed by atoms with Gasteiger partial charge in [-0.3, -0.25) is 4.79 Å². The standard InChI is InChI=1S/C21H25N5OS/c1-14(20(27)22-13-12-16-8-4-3-5-9-16)28-21-24-18-11-7-6-10-17(18)19-23-15(2)25-26(19)21/h6-8,10-11,14H,3-5,9,12-13H2,1-2H3,(H,22,27)/t14-/m1/s1. The van der Waals surface area contributed by atoms with Gasteiger partial charge in [-0.15, -0.1) is 5.10 Å². The summed E-state index contributed by atoms with van der Waals surface area (Å²) in [4.78, 5) is 21.8. The molecule has 0 fully saturated rings. The molecule has 1 amide bonds. The summed E-state index contributed by atoms with van der Waals surface area (Å²) < 4.78 is 1.75. The summed E-state index contributed by atoms with van der Waals surface area (Å²) in [5, 5.41) is 8.94. The molecule has 0 bridgehead atoms. The van der Waals surface area contributed by atoms with Crippen LogP contribution in [0, 0.1) is 6.92 Å². The molecule has 1 aliphatic rings. The van der Waals surface area contributed by atoms with Crippen LogP contribution in [-0.2, 0) is 4.79 Å². The number of allylic oxidation sites excluding steroid dienone is 1. The first-order chi connectivity index (χ1) is 13.6. The maximum Gasteiger partial charge on any atom is 0.233 e. The summed E-state index contributed by atoms with van der Waals surface area (Å²) in [6, 6.07) is 7.89. The lowest BCUT2D eigenvalue weighted by molar-refractivity contribution is -0.120. The molecule has 1 N–H and O–H groups in total. The van der Waals surface area contributed by atoms with E-state index in [-0.39, 0.29) is 11.2 Å². The molecule has 6 nitrogen and oxygen atoms in total. The van der Waals surface area contributed by atoms with Gasteiger partial charge in [-0.1, -0.05) is 35.5 Å². The van der Waals surface area contributed by atoms with Gasteiger partial charge in [0.05, 0.1) is 10.8 Å². The van der Waals surface area contributed by atoms with Gasteiger partial charge in [0.25, 0.3) is 0 Å². The van der Waals surface area contributed by atoms with Crippen molar-refractivity contribution < 1.29 is 4.79 Å². The number of carbonyl (C=O) groups excluding carboxylic acids is 1. The van der Waals surface area contributed by atoms with E-state index < -0.39 is 0 Å². The third-order valence-corrected chi connectivity index (χ3v) is 6.08. The van der Waals surface area contributed by atoms with Gasteiger partial charge in [0, 0.05) is 11.9 Å². The second-order valence-corrected chi connectivity index (χ2v) is 8.52. The fourth-order valence-electron chi connectivity index (χ4n) is 3.54. The lowest BCUT2D eigenvalue weighted by atomic mass is 9.97. The summed E-state index contributed by atoms with van der Waals surface area (Å²) >= 11 is 1.42. The van der Waals surface area contributed by atoms with Crippen LogP contribution in [0.15, 0.2) is 41.1 Å². The molecule has 1 aromatic carbocycles. The molecule has 7 heteroatoms. The van der Waals surface area contributed by atoms with Crippen molar-refractivity contribution in [3.8, 4) is 0 Å². The number of nitrogens with zero attached hydrogens (tertiary/aromatic N) is 4. The van der Waals surface area contributed by atoms with Crippen LogP contribution in [0.3, 0.4) is 0 Å². The molecule has 0 radical (unpaired) electrons. The maximum absolute atomic E-state index is 12.6. The molecule has 0 saturated heterocycles. The van der Waals surface area contributed by atoms with E-state index in [1.165, 1.54) is 43.0 Å². The Morgan fingerprint density at radius 3 is 2.96 bits per heavy atom. The number of para-hydroxylation sites is 1. The van der Waals surface area contributed by atoms with Gasteiger partial charge in [-0.2, -0.15) is 4.52 Å². The second kappa shape index (κ2) is 8.31. The summed E-state index contributed by atoms with van der Waals surface area (Å²) in [5.41, 5.74) is 3.12. The topological polar surface area (TPSA) is 72.2 Å². The van der Waals surface area contributed by atoms with Gasteiger partial charge in [0.2, 0.25) is 5.91 Å². The Kier molecular flexibility index (Phi) is 5.62. The van der Waals surface area contributed by atoms with E-state index in [9.17, 15) is 4.79 Å². The number of amides is 1. The van der Waals surface area contributed by atoms with E-state index in [2.05, 4.69) is 21.5 Å². The van der Waals surface area contributed by atoms with E-state index in [0.717, 1.165) is 23.0 Å². The van der Waals surface area contributed by atoms with E-state index in [4.69, 9.17) is 4.98 Å². The molecule has 3 aromatic rings. The van der Waals surface area contributed by atoms with Crippen molar-refractivity contribution in [2.75, 3.05) is 6.54 Å². The molecule has 146 valence electrons. The summed E-state index contributed by atoms with van der Waals surface area (Å²) in [6.07, 6.45) is 8.19. The average molecular weight is 396 g/mol. The zero-order chi connectivity index (χ0) is 19.5. The number of rotatable bonds is 6. The van der Waals surface area contributed by atoms with Gasteiger partial charge < -0.3 is 5.32 Å². The van der Waals surface area contributed by atoms with Crippen LogP contribution in [0.25, 0.3) is 16.6 Å². The van der Waals surface area contributed by atoms with E-state index >= 15 is 0 Å². The van der Waals surface area contributed by atoms with E-state index in [0.29, 0.717) is 17.5 Å². The molecule has 0 aliphatic heterocycles. The Morgan fingerprint density at radius 1 is 1.29 bits per heavy atom. The van der Waals surface area contributed by atoms with Gasteiger partial charge >= 0.3 is 0 Å². The first-order valence-electron chi connectivity index (χ1n) is 9.86. The number of carbonyl (C=O) groups is 1. The van der Waals surface area contributed by atoms with Crippen molar-refractivity contribution in [3.05, 3.63) is 41.7 Å². The van der Waals surface area contributed by atoms with Crippen LogP contribution in [-0.4, -0.2) is 37.3 Å². The Hall–Kier alpha value is -2.41. The van der Waals surface area contributed by atoms with E-state index in [1.54, 1.807) is 4.52 Å². The quantitative estimate of drug-likeness (QED) is 0.387. The molecule has 4 rings (SSSR count). The fraction of sp³-hybridized carbons (Fsp3) is 0.429. The predicted octanol–water partition coefficient (Wildman–Crippen LogP) is 4.07. The largest absolute Gasteiger partial charge is 0.355 e. The lowest BCUT2D eigenvalue weighted by Gasteiger charge is -2.15. The fourth-order valence-corrected chi connectivity index (χ4v) is 4.43. The summed E-state index contributed by atoms with van der Waals surface area (Å²) in [5.74, 6) is 0.721. The Bertz CT molecular complexity index is 1040. The number of nitrogens with one attached hydrogen (secondary N) is 1. The maximum atomic E-state index is 12.6. The monoisotopic (exact) mass is 395 g/mol. The number of hydrogen-bond donors (Lipinski definition) is 1. The number of aryl methyl sites for hydroxylation is 1. The Morgan fingerprint density at radius 2 is 2.14 bits per heavy atom. The highest BCUT2D eigenvalue weighted by Gasteiger charge is 2.19. The Balaban J connectivity index is 1.47. The van der Waals surface area contributed by atoms with Crippen LogP contribution in [0.4, 0.5) is 0 Å². The molecule has 2 aromatic heterocycles. The van der Waals surface area contributed by atoms with Crippen molar-refractivity contribution in [1.82, 2.24) is 24.9 Å². The number of fused-ring (bicyclic) bond motifs is 3. The van der Waals surface area contributed by atoms with Crippen molar-refractivity contribution in [3.63, 3.8) is 0 Å². The molecular weight excluding hydrogens is 370 g/mol. The average Bonchev–Trinajstić information content (AvgIpc) is 3.11. The van der Waals surface area contributed by atoms with Crippen LogP contribution in [0.2, 0.25) is 0 Å². The molecule has 0 spiro atoms. The van der Waals surface area contributed by atoms with Gasteiger partial charge in [0.1, 0.15) is 5.82 Å². The van der Waals surface area contributed by atoms with E-state index in [1.807, 2.05) is 38.1 Å². The number of benzene rings is 1.